The molecule has 3 rings (SSSR count). The van der Waals surface area contributed by atoms with Gasteiger partial charge < -0.3 is 5.73 Å². The van der Waals surface area contributed by atoms with Gasteiger partial charge in [0, 0.05) is 11.4 Å². The van der Waals surface area contributed by atoms with E-state index >= 15 is 0 Å². The van der Waals surface area contributed by atoms with Gasteiger partial charge in [-0.25, -0.2) is 9.07 Å². The van der Waals surface area contributed by atoms with Crippen LogP contribution in [0.4, 0.5) is 10.2 Å². The number of halogens is 2. The monoisotopic (exact) mass is 340 g/mol. The topological polar surface area (TPSA) is 67.6 Å². The summed E-state index contributed by atoms with van der Waals surface area (Å²) in [5, 5.41) is 14.4. The number of nitrogens with zero attached hydrogens (tertiary/aromatic N) is 3. The Morgan fingerprint density at radius 1 is 1.21 bits per heavy atom. The minimum Gasteiger partial charge on any atom is -0.383 e. The minimum absolute atomic E-state index is 0.281. The third-order valence-electron chi connectivity index (χ3n) is 3.71. The molecule has 120 valence electrons. The van der Waals surface area contributed by atoms with Crippen molar-refractivity contribution in [1.29, 1.82) is 5.26 Å². The zero-order chi connectivity index (χ0) is 17.1. The van der Waals surface area contributed by atoms with Crippen molar-refractivity contribution in [2.24, 2.45) is 0 Å². The average Bonchev–Trinajstić information content (AvgIpc) is 2.84. The molecule has 0 unspecified atom stereocenters. The van der Waals surface area contributed by atoms with Crippen LogP contribution in [0.15, 0.2) is 48.5 Å². The smallest absolute Gasteiger partial charge is 0.140 e. The molecule has 2 N–H and O–H groups in total. The highest BCUT2D eigenvalue weighted by molar-refractivity contribution is 6.31. The van der Waals surface area contributed by atoms with Gasteiger partial charge in [-0.1, -0.05) is 41.9 Å². The van der Waals surface area contributed by atoms with Crippen LogP contribution in [0.3, 0.4) is 0 Å². The summed E-state index contributed by atoms with van der Waals surface area (Å²) < 4.78 is 14.9. The second-order valence-electron chi connectivity index (χ2n) is 5.37. The summed E-state index contributed by atoms with van der Waals surface area (Å²) in [6.07, 6.45) is 0.334. The predicted octanol–water partition coefficient (Wildman–Crippen LogP) is 3.77. The molecule has 0 fully saturated rings. The molecule has 3 aromatic rings. The largest absolute Gasteiger partial charge is 0.383 e. The molecular weight excluding hydrogens is 327 g/mol. The van der Waals surface area contributed by atoms with Crippen LogP contribution in [0.2, 0.25) is 5.02 Å². The van der Waals surface area contributed by atoms with Crippen molar-refractivity contribution in [1.82, 2.24) is 9.78 Å². The molecule has 1 aromatic heterocycles. The molecule has 0 radical (unpaired) electrons. The summed E-state index contributed by atoms with van der Waals surface area (Å²) in [6.45, 7) is 0.364. The Bertz CT molecular complexity index is 927. The van der Waals surface area contributed by atoms with E-state index in [9.17, 15) is 9.65 Å². The molecule has 4 nitrogen and oxygen atoms in total. The Hall–Kier alpha value is -2.84. The van der Waals surface area contributed by atoms with Crippen LogP contribution in [-0.4, -0.2) is 9.78 Å². The number of nitrogens with two attached hydrogens (primary N) is 1. The first kappa shape index (κ1) is 16.0. The van der Waals surface area contributed by atoms with Crippen LogP contribution >= 0.6 is 11.6 Å². The van der Waals surface area contributed by atoms with Crippen molar-refractivity contribution in [3.05, 3.63) is 81.8 Å². The van der Waals surface area contributed by atoms with E-state index in [1.54, 1.807) is 22.9 Å². The average molecular weight is 341 g/mol. The number of anilines is 1. The van der Waals surface area contributed by atoms with Crippen LogP contribution in [0.1, 0.15) is 22.4 Å². The summed E-state index contributed by atoms with van der Waals surface area (Å²) in [5.74, 6) is -0.0432. The molecule has 0 aliphatic carbocycles. The molecule has 0 spiro atoms. The van der Waals surface area contributed by atoms with Gasteiger partial charge >= 0.3 is 0 Å². The van der Waals surface area contributed by atoms with Crippen LogP contribution in [0.5, 0.6) is 0 Å². The van der Waals surface area contributed by atoms with E-state index in [1.807, 2.05) is 18.2 Å². The lowest BCUT2D eigenvalue weighted by Gasteiger charge is -2.06. The lowest BCUT2D eigenvalue weighted by atomic mass is 10.1. The summed E-state index contributed by atoms with van der Waals surface area (Å²) >= 11 is 6.17. The second kappa shape index (κ2) is 6.73. The normalized spacial score (nSPS) is 10.5. The highest BCUT2D eigenvalue weighted by atomic mass is 35.5. The number of rotatable bonds is 4. The van der Waals surface area contributed by atoms with Gasteiger partial charge in [0.15, 0.2) is 0 Å². The van der Waals surface area contributed by atoms with E-state index in [0.717, 1.165) is 11.1 Å². The molecule has 0 atom stereocenters. The third-order valence-corrected chi connectivity index (χ3v) is 4.08. The minimum atomic E-state index is -0.325. The molecule has 0 amide bonds. The van der Waals surface area contributed by atoms with Crippen LogP contribution < -0.4 is 5.73 Å². The van der Waals surface area contributed by atoms with Gasteiger partial charge in [0.05, 0.1) is 12.2 Å². The highest BCUT2D eigenvalue weighted by Gasteiger charge is 2.16. The SMILES string of the molecule is N#Cc1c(Cc2cccc(F)c2)nn(Cc2ccccc2Cl)c1N. The van der Waals surface area contributed by atoms with E-state index in [2.05, 4.69) is 11.2 Å². The van der Waals surface area contributed by atoms with Gasteiger partial charge in [-0.05, 0) is 29.3 Å². The quantitative estimate of drug-likeness (QED) is 0.786. The fraction of sp³-hybridized carbons (Fsp3) is 0.111. The van der Waals surface area contributed by atoms with Crippen molar-refractivity contribution < 1.29 is 4.39 Å². The fourth-order valence-electron chi connectivity index (χ4n) is 2.52. The van der Waals surface area contributed by atoms with Gasteiger partial charge in [-0.2, -0.15) is 10.4 Å². The summed E-state index contributed by atoms with van der Waals surface area (Å²) in [4.78, 5) is 0. The van der Waals surface area contributed by atoms with Gasteiger partial charge in [0.1, 0.15) is 23.3 Å². The maximum absolute atomic E-state index is 13.3. The van der Waals surface area contributed by atoms with Gasteiger partial charge in [0.2, 0.25) is 0 Å². The first-order valence-electron chi connectivity index (χ1n) is 7.31. The molecule has 1 heterocycles. The first-order chi connectivity index (χ1) is 11.6. The van der Waals surface area contributed by atoms with Crippen LogP contribution in [-0.2, 0) is 13.0 Å². The van der Waals surface area contributed by atoms with Crippen molar-refractivity contribution in [2.75, 3.05) is 5.73 Å². The summed E-state index contributed by atoms with van der Waals surface area (Å²) in [7, 11) is 0. The zero-order valence-corrected chi connectivity index (χ0v) is 13.5. The Balaban J connectivity index is 1.94. The molecule has 24 heavy (non-hydrogen) atoms. The molecular formula is C18H14ClFN4. The van der Waals surface area contributed by atoms with Crippen molar-refractivity contribution in [3.63, 3.8) is 0 Å². The number of aromatic nitrogens is 2. The number of hydrogen-bond donors (Lipinski definition) is 1. The van der Waals surface area contributed by atoms with Crippen LogP contribution in [0, 0.1) is 17.1 Å². The zero-order valence-electron chi connectivity index (χ0n) is 12.7. The Labute approximate surface area is 143 Å². The molecule has 6 heteroatoms. The molecule has 0 saturated carbocycles. The van der Waals surface area contributed by atoms with Crippen molar-refractivity contribution >= 4 is 17.4 Å². The highest BCUT2D eigenvalue weighted by Crippen LogP contribution is 2.22. The lowest BCUT2D eigenvalue weighted by molar-refractivity contribution is 0.625. The molecule has 0 saturated heterocycles. The standard InChI is InChI=1S/C18H14ClFN4/c19-16-7-2-1-5-13(16)11-24-18(22)15(10-21)17(23-24)9-12-4-3-6-14(20)8-12/h1-8H,9,11,22H2. The molecule has 2 aromatic carbocycles. The van der Waals surface area contributed by atoms with E-state index in [1.165, 1.54) is 12.1 Å². The number of nitriles is 1. The van der Waals surface area contributed by atoms with Gasteiger partial charge in [-0.15, -0.1) is 0 Å². The van der Waals surface area contributed by atoms with Gasteiger partial charge in [0.25, 0.3) is 0 Å². The first-order valence-corrected chi connectivity index (χ1v) is 7.69. The van der Waals surface area contributed by atoms with Crippen LogP contribution in [0.25, 0.3) is 0 Å². The summed E-state index contributed by atoms with van der Waals surface area (Å²) in [6, 6.07) is 15.7. The molecule has 0 aliphatic heterocycles. The van der Waals surface area contributed by atoms with E-state index in [-0.39, 0.29) is 11.6 Å². The van der Waals surface area contributed by atoms with Crippen molar-refractivity contribution in [3.8, 4) is 6.07 Å². The third kappa shape index (κ3) is 3.24. The Morgan fingerprint density at radius 3 is 2.71 bits per heavy atom. The number of hydrogen-bond acceptors (Lipinski definition) is 3. The van der Waals surface area contributed by atoms with E-state index < -0.39 is 0 Å². The number of nitrogen functional groups attached to an aromatic ring is 1. The Kier molecular flexibility index (Phi) is 4.50. The summed E-state index contributed by atoms with van der Waals surface area (Å²) in [5.41, 5.74) is 8.48. The maximum Gasteiger partial charge on any atom is 0.140 e. The van der Waals surface area contributed by atoms with Gasteiger partial charge in [-0.3, -0.25) is 0 Å². The van der Waals surface area contributed by atoms with Crippen molar-refractivity contribution in [2.45, 2.75) is 13.0 Å². The molecule has 0 bridgehead atoms. The Morgan fingerprint density at radius 2 is 2.00 bits per heavy atom. The van der Waals surface area contributed by atoms with E-state index in [4.69, 9.17) is 17.3 Å². The fourth-order valence-corrected chi connectivity index (χ4v) is 2.72. The molecule has 0 aliphatic rings. The second-order valence-corrected chi connectivity index (χ2v) is 5.78. The maximum atomic E-state index is 13.3. The number of benzene rings is 2. The lowest BCUT2D eigenvalue weighted by Crippen LogP contribution is -2.07. The van der Waals surface area contributed by atoms with E-state index in [0.29, 0.717) is 29.2 Å². The predicted molar refractivity (Wildman–Crippen MR) is 91.1 cm³/mol.